The number of aryl methyl sites for hydroxylation is 1. The molecular formula is C16H23NO2. The molecule has 0 spiro atoms. The van der Waals surface area contributed by atoms with E-state index in [0.29, 0.717) is 6.54 Å². The Balaban J connectivity index is 2.73. The number of hydrogen-bond acceptors (Lipinski definition) is 2. The standard InChI is InChI=1S/C16H23NO2/c1-11-6-7-14(16(3,4)5)10-13(11)8-9-17-15(19)12(2)18/h6-7,10H,8-9H2,1-5H3,(H,17,19). The molecule has 0 aliphatic carbocycles. The number of ketones is 1. The third-order valence-electron chi connectivity index (χ3n) is 3.21. The SMILES string of the molecule is CC(=O)C(=O)NCCc1cc(C(C)(C)C)ccc1C. The number of amides is 1. The number of rotatable bonds is 4. The Bertz CT molecular complexity index is 484. The molecule has 0 aliphatic rings. The fourth-order valence-electron chi connectivity index (χ4n) is 1.84. The Hall–Kier alpha value is -1.64. The van der Waals surface area contributed by atoms with Crippen molar-refractivity contribution in [2.45, 2.75) is 46.5 Å². The summed E-state index contributed by atoms with van der Waals surface area (Å²) in [5, 5.41) is 2.63. The van der Waals surface area contributed by atoms with E-state index in [9.17, 15) is 9.59 Å². The lowest BCUT2D eigenvalue weighted by molar-refractivity contribution is -0.136. The van der Waals surface area contributed by atoms with Crippen molar-refractivity contribution in [1.29, 1.82) is 0 Å². The maximum atomic E-state index is 11.2. The second-order valence-corrected chi connectivity index (χ2v) is 5.95. The highest BCUT2D eigenvalue weighted by Crippen LogP contribution is 2.24. The number of nitrogens with one attached hydrogen (secondary N) is 1. The van der Waals surface area contributed by atoms with Crippen LogP contribution in [0.4, 0.5) is 0 Å². The molecule has 1 aromatic rings. The zero-order valence-electron chi connectivity index (χ0n) is 12.5. The van der Waals surface area contributed by atoms with Gasteiger partial charge in [-0.3, -0.25) is 9.59 Å². The maximum Gasteiger partial charge on any atom is 0.287 e. The lowest BCUT2D eigenvalue weighted by Crippen LogP contribution is -2.31. The summed E-state index contributed by atoms with van der Waals surface area (Å²) in [5.41, 5.74) is 3.83. The van der Waals surface area contributed by atoms with Crippen LogP contribution in [0.5, 0.6) is 0 Å². The Kier molecular flexibility index (Phi) is 4.87. The van der Waals surface area contributed by atoms with Crippen LogP contribution in [-0.2, 0) is 21.4 Å². The zero-order valence-corrected chi connectivity index (χ0v) is 12.5. The summed E-state index contributed by atoms with van der Waals surface area (Å²) in [5.74, 6) is -0.954. The molecule has 19 heavy (non-hydrogen) atoms. The van der Waals surface area contributed by atoms with Gasteiger partial charge in [-0.25, -0.2) is 0 Å². The van der Waals surface area contributed by atoms with Crippen LogP contribution >= 0.6 is 0 Å². The molecule has 0 radical (unpaired) electrons. The molecular weight excluding hydrogens is 238 g/mol. The van der Waals surface area contributed by atoms with Crippen LogP contribution in [0.1, 0.15) is 44.4 Å². The Labute approximate surface area is 115 Å². The summed E-state index contributed by atoms with van der Waals surface area (Å²) in [4.78, 5) is 22.0. The Morgan fingerprint density at radius 3 is 2.37 bits per heavy atom. The van der Waals surface area contributed by atoms with Crippen molar-refractivity contribution in [1.82, 2.24) is 5.32 Å². The first-order valence-corrected chi connectivity index (χ1v) is 6.60. The van der Waals surface area contributed by atoms with Crippen molar-refractivity contribution < 1.29 is 9.59 Å². The van der Waals surface area contributed by atoms with Crippen LogP contribution in [0.3, 0.4) is 0 Å². The zero-order chi connectivity index (χ0) is 14.6. The van der Waals surface area contributed by atoms with E-state index in [2.05, 4.69) is 51.2 Å². The smallest absolute Gasteiger partial charge is 0.287 e. The summed E-state index contributed by atoms with van der Waals surface area (Å²) >= 11 is 0. The van der Waals surface area contributed by atoms with Gasteiger partial charge >= 0.3 is 0 Å². The molecule has 0 aromatic heterocycles. The molecule has 1 N–H and O–H groups in total. The molecule has 104 valence electrons. The van der Waals surface area contributed by atoms with Gasteiger partial charge in [0.2, 0.25) is 5.78 Å². The van der Waals surface area contributed by atoms with E-state index >= 15 is 0 Å². The Morgan fingerprint density at radius 2 is 1.84 bits per heavy atom. The quantitative estimate of drug-likeness (QED) is 0.847. The second-order valence-electron chi connectivity index (χ2n) is 5.95. The van der Waals surface area contributed by atoms with Gasteiger partial charge in [-0.1, -0.05) is 39.0 Å². The first kappa shape index (κ1) is 15.4. The number of carbonyl (C=O) groups is 2. The second kappa shape index (κ2) is 6.00. The van der Waals surface area contributed by atoms with Crippen molar-refractivity contribution in [3.8, 4) is 0 Å². The average molecular weight is 261 g/mol. The first-order chi connectivity index (χ1) is 8.71. The normalized spacial score (nSPS) is 11.2. The van der Waals surface area contributed by atoms with E-state index in [-0.39, 0.29) is 5.41 Å². The number of hydrogen-bond donors (Lipinski definition) is 1. The van der Waals surface area contributed by atoms with Crippen LogP contribution in [-0.4, -0.2) is 18.2 Å². The van der Waals surface area contributed by atoms with Crippen LogP contribution in [0.25, 0.3) is 0 Å². The van der Waals surface area contributed by atoms with Crippen molar-refractivity contribution in [2.75, 3.05) is 6.54 Å². The summed E-state index contributed by atoms with van der Waals surface area (Å²) in [6, 6.07) is 6.45. The molecule has 0 bridgehead atoms. The van der Waals surface area contributed by atoms with Gasteiger partial charge in [0.1, 0.15) is 0 Å². The molecule has 3 nitrogen and oxygen atoms in total. The first-order valence-electron chi connectivity index (χ1n) is 6.60. The van der Waals surface area contributed by atoms with E-state index in [1.807, 2.05) is 0 Å². The molecule has 0 saturated heterocycles. The molecule has 0 fully saturated rings. The lowest BCUT2D eigenvalue weighted by atomic mass is 9.85. The average Bonchev–Trinajstić information content (AvgIpc) is 2.29. The van der Waals surface area contributed by atoms with Crippen molar-refractivity contribution in [3.05, 3.63) is 34.9 Å². The maximum absolute atomic E-state index is 11.2. The molecule has 0 unspecified atom stereocenters. The minimum absolute atomic E-state index is 0.116. The summed E-state index contributed by atoms with van der Waals surface area (Å²) < 4.78 is 0. The summed E-state index contributed by atoms with van der Waals surface area (Å²) in [7, 11) is 0. The van der Waals surface area contributed by atoms with Crippen molar-refractivity contribution in [3.63, 3.8) is 0 Å². The summed E-state index contributed by atoms with van der Waals surface area (Å²) in [6.45, 7) is 10.4. The summed E-state index contributed by atoms with van der Waals surface area (Å²) in [6.07, 6.45) is 0.745. The van der Waals surface area contributed by atoms with Gasteiger partial charge < -0.3 is 5.32 Å². The van der Waals surface area contributed by atoms with Crippen molar-refractivity contribution >= 4 is 11.7 Å². The highest BCUT2D eigenvalue weighted by Gasteiger charge is 2.14. The fraction of sp³-hybridized carbons (Fsp3) is 0.500. The van der Waals surface area contributed by atoms with Crippen LogP contribution < -0.4 is 5.32 Å². The van der Waals surface area contributed by atoms with Gasteiger partial charge in [0.25, 0.3) is 5.91 Å². The van der Waals surface area contributed by atoms with Gasteiger partial charge in [-0.15, -0.1) is 0 Å². The van der Waals surface area contributed by atoms with Crippen molar-refractivity contribution in [2.24, 2.45) is 0 Å². The third kappa shape index (κ3) is 4.51. The van der Waals surface area contributed by atoms with E-state index in [0.717, 1.165) is 6.42 Å². The predicted octanol–water partition coefficient (Wildman–Crippen LogP) is 2.54. The number of Topliss-reactive ketones (excluding diaryl/α,β-unsaturated/α-hetero) is 1. The van der Waals surface area contributed by atoms with Gasteiger partial charge in [0.05, 0.1) is 0 Å². The minimum atomic E-state index is -0.510. The van der Waals surface area contributed by atoms with Gasteiger partial charge in [0, 0.05) is 13.5 Å². The van der Waals surface area contributed by atoms with Gasteiger partial charge in [0.15, 0.2) is 0 Å². The molecule has 1 aromatic carbocycles. The van der Waals surface area contributed by atoms with E-state index in [1.165, 1.54) is 23.6 Å². The monoisotopic (exact) mass is 261 g/mol. The fourth-order valence-corrected chi connectivity index (χ4v) is 1.84. The molecule has 0 saturated carbocycles. The van der Waals surface area contributed by atoms with Gasteiger partial charge in [-0.2, -0.15) is 0 Å². The molecule has 1 amide bonds. The van der Waals surface area contributed by atoms with Crippen LogP contribution in [0, 0.1) is 6.92 Å². The Morgan fingerprint density at radius 1 is 1.21 bits per heavy atom. The topological polar surface area (TPSA) is 46.2 Å². The molecule has 0 heterocycles. The lowest BCUT2D eigenvalue weighted by Gasteiger charge is -2.21. The number of benzene rings is 1. The largest absolute Gasteiger partial charge is 0.349 e. The highest BCUT2D eigenvalue weighted by atomic mass is 16.2. The number of carbonyl (C=O) groups excluding carboxylic acids is 2. The van der Waals surface area contributed by atoms with Crippen LogP contribution in [0.2, 0.25) is 0 Å². The van der Waals surface area contributed by atoms with E-state index in [4.69, 9.17) is 0 Å². The predicted molar refractivity (Wildman–Crippen MR) is 77.3 cm³/mol. The van der Waals surface area contributed by atoms with E-state index in [1.54, 1.807) is 0 Å². The van der Waals surface area contributed by atoms with Crippen LogP contribution in [0.15, 0.2) is 18.2 Å². The molecule has 0 atom stereocenters. The molecule has 3 heteroatoms. The molecule has 1 rings (SSSR count). The van der Waals surface area contributed by atoms with E-state index < -0.39 is 11.7 Å². The highest BCUT2D eigenvalue weighted by molar-refractivity contribution is 6.35. The third-order valence-corrected chi connectivity index (χ3v) is 3.21. The molecule has 0 aliphatic heterocycles. The van der Waals surface area contributed by atoms with Gasteiger partial charge in [-0.05, 0) is 35.4 Å². The minimum Gasteiger partial charge on any atom is -0.349 e.